The third-order valence-corrected chi connectivity index (χ3v) is 5.56. The van der Waals surface area contributed by atoms with Gasteiger partial charge in [0.15, 0.2) is 0 Å². The molecule has 0 amide bonds. The Morgan fingerprint density at radius 3 is 2.33 bits per heavy atom. The van der Waals surface area contributed by atoms with Gasteiger partial charge in [0.25, 0.3) is 0 Å². The zero-order valence-electron chi connectivity index (χ0n) is 14.9. The Kier molecular flexibility index (Phi) is 4.22. The van der Waals surface area contributed by atoms with Crippen molar-refractivity contribution in [3.63, 3.8) is 0 Å². The van der Waals surface area contributed by atoms with Crippen LogP contribution in [-0.2, 0) is 13.1 Å². The van der Waals surface area contributed by atoms with Crippen LogP contribution in [0.1, 0.15) is 47.8 Å². The highest BCUT2D eigenvalue weighted by molar-refractivity contribution is 5.20. The minimum Gasteiger partial charge on any atom is -0.464 e. The molecule has 0 spiro atoms. The van der Waals surface area contributed by atoms with Crippen LogP contribution >= 0.6 is 0 Å². The van der Waals surface area contributed by atoms with Crippen LogP contribution < -0.4 is 0 Å². The maximum Gasteiger partial charge on any atom is 0.138 e. The van der Waals surface area contributed by atoms with E-state index in [0.29, 0.717) is 5.92 Å². The first-order chi connectivity index (χ1) is 11.6. The third kappa shape index (κ3) is 3.28. The van der Waals surface area contributed by atoms with E-state index in [0.717, 1.165) is 62.4 Å². The van der Waals surface area contributed by atoms with Gasteiger partial charge in [-0.05, 0) is 38.3 Å². The summed E-state index contributed by atoms with van der Waals surface area (Å²) in [6.45, 7) is 12.5. The predicted octanol–water partition coefficient (Wildman–Crippen LogP) is 3.33. The maximum atomic E-state index is 6.05. The van der Waals surface area contributed by atoms with Crippen molar-refractivity contribution in [1.29, 1.82) is 0 Å². The summed E-state index contributed by atoms with van der Waals surface area (Å²) in [4.78, 5) is 4.98. The fourth-order valence-corrected chi connectivity index (χ4v) is 3.67. The zero-order valence-corrected chi connectivity index (χ0v) is 14.9. The molecule has 24 heavy (non-hydrogen) atoms. The van der Waals surface area contributed by atoms with Gasteiger partial charge in [0.1, 0.15) is 17.3 Å². The van der Waals surface area contributed by atoms with Crippen LogP contribution in [0.25, 0.3) is 0 Å². The second kappa shape index (κ2) is 6.37. The monoisotopic (exact) mass is 329 g/mol. The summed E-state index contributed by atoms with van der Waals surface area (Å²) >= 11 is 0. The molecule has 3 heterocycles. The molecule has 1 saturated heterocycles. The molecular weight excluding hydrogens is 302 g/mol. The van der Waals surface area contributed by atoms with E-state index in [2.05, 4.69) is 34.0 Å². The summed E-state index contributed by atoms with van der Waals surface area (Å²) in [6, 6.07) is 4.34. The second-order valence-corrected chi connectivity index (χ2v) is 7.48. The van der Waals surface area contributed by atoms with Gasteiger partial charge in [0, 0.05) is 44.2 Å². The summed E-state index contributed by atoms with van der Waals surface area (Å²) in [5, 5.41) is 4.05. The van der Waals surface area contributed by atoms with Crippen molar-refractivity contribution >= 4 is 0 Å². The topological polar surface area (TPSA) is 45.7 Å². The van der Waals surface area contributed by atoms with E-state index < -0.39 is 0 Å². The molecule has 1 aliphatic heterocycles. The molecule has 2 aromatic heterocycles. The number of hydrogen-bond acceptors (Lipinski definition) is 5. The molecular formula is C19H27N3O2. The molecule has 5 heteroatoms. The first-order valence-electron chi connectivity index (χ1n) is 9.05. The van der Waals surface area contributed by atoms with E-state index >= 15 is 0 Å². The lowest BCUT2D eigenvalue weighted by atomic mass is 10.2. The molecule has 2 aliphatic rings. The van der Waals surface area contributed by atoms with Crippen molar-refractivity contribution in [1.82, 2.24) is 15.0 Å². The SMILES string of the molecule is Cc1noc(C)c1CN1CCN(Cc2ccc([C@@H]3C[C@@H]3C)o2)CC1. The molecule has 0 unspecified atom stereocenters. The minimum atomic E-state index is 0.672. The molecule has 0 radical (unpaired) electrons. The largest absolute Gasteiger partial charge is 0.464 e. The van der Waals surface area contributed by atoms with Crippen molar-refractivity contribution in [2.75, 3.05) is 26.2 Å². The van der Waals surface area contributed by atoms with E-state index in [1.807, 2.05) is 13.8 Å². The molecule has 2 aromatic rings. The zero-order chi connectivity index (χ0) is 16.7. The van der Waals surface area contributed by atoms with Gasteiger partial charge in [-0.25, -0.2) is 0 Å². The smallest absolute Gasteiger partial charge is 0.138 e. The standard InChI is InChI=1S/C19H27N3O2/c1-13-10-17(13)19-5-4-16(23-19)11-21-6-8-22(9-7-21)12-18-14(2)20-24-15(18)3/h4-5,13,17H,6-12H2,1-3H3/t13-,17+/m0/s1. The quantitative estimate of drug-likeness (QED) is 0.842. The third-order valence-electron chi connectivity index (χ3n) is 5.56. The molecule has 1 saturated carbocycles. The highest BCUT2D eigenvalue weighted by atomic mass is 16.5. The fraction of sp³-hybridized carbons (Fsp3) is 0.632. The summed E-state index contributed by atoms with van der Waals surface area (Å²) in [7, 11) is 0. The Hall–Kier alpha value is -1.59. The van der Waals surface area contributed by atoms with Crippen LogP contribution in [0.3, 0.4) is 0 Å². The number of nitrogens with zero attached hydrogens (tertiary/aromatic N) is 3. The molecule has 1 aliphatic carbocycles. The Labute approximate surface area is 143 Å². The highest BCUT2D eigenvalue weighted by Crippen LogP contribution is 2.47. The number of hydrogen-bond donors (Lipinski definition) is 0. The van der Waals surface area contributed by atoms with Crippen LogP contribution in [0.15, 0.2) is 21.1 Å². The number of piperazine rings is 1. The molecule has 130 valence electrons. The van der Waals surface area contributed by atoms with Gasteiger partial charge in [-0.2, -0.15) is 0 Å². The fourth-order valence-electron chi connectivity index (χ4n) is 3.67. The predicted molar refractivity (Wildman–Crippen MR) is 91.8 cm³/mol. The van der Waals surface area contributed by atoms with Crippen LogP contribution in [0, 0.1) is 19.8 Å². The van der Waals surface area contributed by atoms with Crippen LogP contribution in [0.5, 0.6) is 0 Å². The number of rotatable bonds is 5. The van der Waals surface area contributed by atoms with Crippen LogP contribution in [0.2, 0.25) is 0 Å². The lowest BCUT2D eigenvalue weighted by Gasteiger charge is -2.34. The van der Waals surface area contributed by atoms with Gasteiger partial charge in [-0.15, -0.1) is 0 Å². The van der Waals surface area contributed by atoms with Crippen molar-refractivity contribution in [3.05, 3.63) is 40.7 Å². The van der Waals surface area contributed by atoms with Gasteiger partial charge in [0.05, 0.1) is 12.2 Å². The minimum absolute atomic E-state index is 0.672. The van der Waals surface area contributed by atoms with Crippen molar-refractivity contribution < 1.29 is 8.94 Å². The number of furan rings is 1. The molecule has 2 atom stereocenters. The Bertz CT molecular complexity index is 678. The molecule has 5 nitrogen and oxygen atoms in total. The molecule has 0 aromatic carbocycles. The van der Waals surface area contributed by atoms with E-state index in [-0.39, 0.29) is 0 Å². The second-order valence-electron chi connectivity index (χ2n) is 7.48. The normalized spacial score (nSPS) is 25.3. The summed E-state index contributed by atoms with van der Waals surface area (Å²) in [6.07, 6.45) is 1.29. The first kappa shape index (κ1) is 15.9. The van der Waals surface area contributed by atoms with Crippen molar-refractivity contribution in [3.8, 4) is 0 Å². The molecule has 0 bridgehead atoms. The van der Waals surface area contributed by atoms with E-state index in [9.17, 15) is 0 Å². The highest BCUT2D eigenvalue weighted by Gasteiger charge is 2.36. The average Bonchev–Trinajstić information content (AvgIpc) is 2.98. The summed E-state index contributed by atoms with van der Waals surface area (Å²) < 4.78 is 11.3. The Morgan fingerprint density at radius 2 is 1.75 bits per heavy atom. The van der Waals surface area contributed by atoms with Crippen LogP contribution in [0.4, 0.5) is 0 Å². The van der Waals surface area contributed by atoms with E-state index in [1.54, 1.807) is 0 Å². The first-order valence-corrected chi connectivity index (χ1v) is 9.05. The van der Waals surface area contributed by atoms with Crippen LogP contribution in [-0.4, -0.2) is 41.1 Å². The van der Waals surface area contributed by atoms with Gasteiger partial charge in [0.2, 0.25) is 0 Å². The van der Waals surface area contributed by atoms with Gasteiger partial charge >= 0.3 is 0 Å². The van der Waals surface area contributed by atoms with Crippen molar-refractivity contribution in [2.24, 2.45) is 5.92 Å². The van der Waals surface area contributed by atoms with Gasteiger partial charge in [-0.3, -0.25) is 9.80 Å². The lowest BCUT2D eigenvalue weighted by Crippen LogP contribution is -2.45. The Balaban J connectivity index is 1.28. The van der Waals surface area contributed by atoms with E-state index in [4.69, 9.17) is 8.94 Å². The lowest BCUT2D eigenvalue weighted by molar-refractivity contribution is 0.115. The summed E-state index contributed by atoms with van der Waals surface area (Å²) in [5.41, 5.74) is 2.27. The molecule has 2 fully saturated rings. The Morgan fingerprint density at radius 1 is 1.08 bits per heavy atom. The maximum absolute atomic E-state index is 6.05. The van der Waals surface area contributed by atoms with Gasteiger partial charge < -0.3 is 8.94 Å². The molecule has 0 N–H and O–H groups in total. The van der Waals surface area contributed by atoms with E-state index in [1.165, 1.54) is 17.7 Å². The average molecular weight is 329 g/mol. The summed E-state index contributed by atoms with van der Waals surface area (Å²) in [5.74, 6) is 4.73. The number of aromatic nitrogens is 1. The molecule has 4 rings (SSSR count). The van der Waals surface area contributed by atoms with Gasteiger partial charge in [-0.1, -0.05) is 12.1 Å². The number of aryl methyl sites for hydroxylation is 2. The van der Waals surface area contributed by atoms with Crippen molar-refractivity contribution in [2.45, 2.75) is 46.2 Å².